The molecule has 0 spiro atoms. The van der Waals surface area contributed by atoms with Crippen LogP contribution in [0.3, 0.4) is 0 Å². The van der Waals surface area contributed by atoms with Crippen LogP contribution in [0.2, 0.25) is 10.0 Å². The Morgan fingerprint density at radius 1 is 1.22 bits per heavy atom. The summed E-state index contributed by atoms with van der Waals surface area (Å²) in [5.41, 5.74) is 1.77. The van der Waals surface area contributed by atoms with Crippen molar-refractivity contribution >= 4 is 40.5 Å². The minimum absolute atomic E-state index is 0.195. The number of amides is 1. The maximum absolute atomic E-state index is 11.9. The van der Waals surface area contributed by atoms with E-state index < -0.39 is 0 Å². The molecule has 0 saturated heterocycles. The molecule has 0 fully saturated rings. The van der Waals surface area contributed by atoms with Gasteiger partial charge in [0.2, 0.25) is 0 Å². The Balaban J connectivity index is 1.99. The van der Waals surface area contributed by atoms with E-state index in [4.69, 9.17) is 23.2 Å². The van der Waals surface area contributed by atoms with Crippen molar-refractivity contribution in [3.05, 3.63) is 52.3 Å². The molecule has 2 aromatic rings. The van der Waals surface area contributed by atoms with Gasteiger partial charge >= 0.3 is 0 Å². The molecule has 0 atom stereocenters. The van der Waals surface area contributed by atoms with Crippen LogP contribution in [0.4, 0.5) is 11.4 Å². The average molecular weight is 353 g/mol. The van der Waals surface area contributed by atoms with E-state index in [1.807, 2.05) is 25.1 Å². The molecule has 2 N–H and O–H groups in total. The van der Waals surface area contributed by atoms with E-state index in [2.05, 4.69) is 15.6 Å². The number of hydrogen-bond acceptors (Lipinski definition) is 4. The van der Waals surface area contributed by atoms with Crippen LogP contribution in [0.5, 0.6) is 0 Å². The third kappa shape index (κ3) is 5.10. The highest BCUT2D eigenvalue weighted by atomic mass is 35.5. The lowest BCUT2D eigenvalue weighted by molar-refractivity contribution is 0.0946. The van der Waals surface area contributed by atoms with Crippen molar-refractivity contribution in [3.63, 3.8) is 0 Å². The van der Waals surface area contributed by atoms with E-state index in [-0.39, 0.29) is 5.91 Å². The number of pyridine rings is 1. The second kappa shape index (κ2) is 8.15. The first-order valence-electron chi connectivity index (χ1n) is 7.07. The molecule has 0 bridgehead atoms. The van der Waals surface area contributed by atoms with Gasteiger partial charge in [0.15, 0.2) is 0 Å². The van der Waals surface area contributed by atoms with Crippen LogP contribution in [-0.2, 0) is 0 Å². The predicted octanol–water partition coefficient (Wildman–Crippen LogP) is 3.42. The Hall–Kier alpha value is -1.82. The average Bonchev–Trinajstić information content (AvgIpc) is 2.52. The minimum Gasteiger partial charge on any atom is -0.353 e. The topological polar surface area (TPSA) is 57.3 Å². The van der Waals surface area contributed by atoms with Gasteiger partial charge < -0.3 is 15.5 Å². The van der Waals surface area contributed by atoms with Crippen molar-refractivity contribution in [2.45, 2.75) is 0 Å². The number of rotatable bonds is 6. The van der Waals surface area contributed by atoms with Gasteiger partial charge in [0, 0.05) is 13.1 Å². The monoisotopic (exact) mass is 352 g/mol. The normalized spacial score (nSPS) is 10.7. The summed E-state index contributed by atoms with van der Waals surface area (Å²) >= 11 is 12.1. The number of likely N-dealkylation sites (N-methyl/N-ethyl adjacent to an activating group) is 1. The summed E-state index contributed by atoms with van der Waals surface area (Å²) in [7, 11) is 3.90. The molecule has 1 heterocycles. The molecule has 0 unspecified atom stereocenters. The molecule has 5 nitrogen and oxygen atoms in total. The van der Waals surface area contributed by atoms with Crippen LogP contribution in [-0.4, -0.2) is 43.0 Å². The lowest BCUT2D eigenvalue weighted by atomic mass is 10.2. The van der Waals surface area contributed by atoms with Crippen LogP contribution in [0.1, 0.15) is 10.5 Å². The van der Waals surface area contributed by atoms with Crippen LogP contribution in [0, 0.1) is 0 Å². The number of carbonyl (C=O) groups excluding carboxylic acids is 1. The van der Waals surface area contributed by atoms with Gasteiger partial charge in [-0.15, -0.1) is 0 Å². The van der Waals surface area contributed by atoms with Crippen LogP contribution >= 0.6 is 23.2 Å². The van der Waals surface area contributed by atoms with E-state index in [0.717, 1.165) is 12.2 Å². The number of hydrogen-bond donors (Lipinski definition) is 2. The molecule has 1 aromatic heterocycles. The number of halogens is 2. The van der Waals surface area contributed by atoms with Crippen molar-refractivity contribution in [1.82, 2.24) is 15.2 Å². The van der Waals surface area contributed by atoms with Crippen molar-refractivity contribution in [2.24, 2.45) is 0 Å². The summed E-state index contributed by atoms with van der Waals surface area (Å²) < 4.78 is 0. The molecule has 122 valence electrons. The van der Waals surface area contributed by atoms with Gasteiger partial charge in [-0.25, -0.2) is 4.98 Å². The van der Waals surface area contributed by atoms with Gasteiger partial charge in [-0.3, -0.25) is 4.79 Å². The summed E-state index contributed by atoms with van der Waals surface area (Å²) in [5, 5.41) is 6.85. The maximum Gasteiger partial charge on any atom is 0.269 e. The predicted molar refractivity (Wildman–Crippen MR) is 94.9 cm³/mol. The van der Waals surface area contributed by atoms with E-state index in [1.54, 1.807) is 30.5 Å². The highest BCUT2D eigenvalue weighted by molar-refractivity contribution is 6.43. The fraction of sp³-hybridized carbons (Fsp3) is 0.250. The van der Waals surface area contributed by atoms with E-state index in [9.17, 15) is 4.79 Å². The van der Waals surface area contributed by atoms with Gasteiger partial charge in [0.25, 0.3) is 5.91 Å². The van der Waals surface area contributed by atoms with Crippen LogP contribution < -0.4 is 10.6 Å². The standard InChI is InChI=1S/C16H18Cl2N4O/c1-22(2)9-8-19-16(23)14-7-6-11(10-20-14)21-13-5-3-4-12(17)15(13)18/h3-7,10,21H,8-9H2,1-2H3,(H,19,23). The summed E-state index contributed by atoms with van der Waals surface area (Å²) in [5.74, 6) is -0.195. The third-order valence-corrected chi connectivity index (χ3v) is 3.89. The molecule has 0 aliphatic heterocycles. The molecule has 2 rings (SSSR count). The Kier molecular flexibility index (Phi) is 6.21. The molecule has 7 heteroatoms. The lowest BCUT2D eigenvalue weighted by Crippen LogP contribution is -2.31. The fourth-order valence-electron chi connectivity index (χ4n) is 1.84. The first-order valence-corrected chi connectivity index (χ1v) is 7.83. The quantitative estimate of drug-likeness (QED) is 0.836. The van der Waals surface area contributed by atoms with Crippen molar-refractivity contribution in [2.75, 3.05) is 32.5 Å². The first-order chi connectivity index (χ1) is 11.0. The Labute approximate surface area is 145 Å². The zero-order valence-corrected chi connectivity index (χ0v) is 14.4. The SMILES string of the molecule is CN(C)CCNC(=O)c1ccc(Nc2cccc(Cl)c2Cl)cn1. The zero-order chi connectivity index (χ0) is 16.8. The Bertz CT molecular complexity index is 674. The molecule has 23 heavy (non-hydrogen) atoms. The number of nitrogens with zero attached hydrogens (tertiary/aromatic N) is 2. The van der Waals surface area contributed by atoms with Gasteiger partial charge in [0.05, 0.1) is 27.6 Å². The molecule has 0 aliphatic rings. The van der Waals surface area contributed by atoms with E-state index in [0.29, 0.717) is 28.0 Å². The van der Waals surface area contributed by atoms with Gasteiger partial charge in [-0.2, -0.15) is 0 Å². The first kappa shape index (κ1) is 17.5. The van der Waals surface area contributed by atoms with Crippen molar-refractivity contribution < 1.29 is 4.79 Å². The second-order valence-electron chi connectivity index (χ2n) is 5.22. The largest absolute Gasteiger partial charge is 0.353 e. The fourth-order valence-corrected chi connectivity index (χ4v) is 2.19. The summed E-state index contributed by atoms with van der Waals surface area (Å²) in [6.07, 6.45) is 1.58. The van der Waals surface area contributed by atoms with Gasteiger partial charge in [-0.05, 0) is 38.4 Å². The summed E-state index contributed by atoms with van der Waals surface area (Å²) in [4.78, 5) is 18.1. The van der Waals surface area contributed by atoms with Crippen LogP contribution in [0.15, 0.2) is 36.5 Å². The molecule has 0 saturated carbocycles. The molecular formula is C16H18Cl2N4O. The maximum atomic E-state index is 11.9. The molecule has 0 radical (unpaired) electrons. The molecule has 1 amide bonds. The second-order valence-corrected chi connectivity index (χ2v) is 6.00. The summed E-state index contributed by atoms with van der Waals surface area (Å²) in [6.45, 7) is 1.35. The molecular weight excluding hydrogens is 335 g/mol. The Morgan fingerprint density at radius 2 is 2.00 bits per heavy atom. The third-order valence-electron chi connectivity index (χ3n) is 3.07. The number of aromatic nitrogens is 1. The van der Waals surface area contributed by atoms with Crippen molar-refractivity contribution in [3.8, 4) is 0 Å². The van der Waals surface area contributed by atoms with E-state index >= 15 is 0 Å². The highest BCUT2D eigenvalue weighted by Gasteiger charge is 2.08. The van der Waals surface area contributed by atoms with Crippen LogP contribution in [0.25, 0.3) is 0 Å². The number of anilines is 2. The van der Waals surface area contributed by atoms with Gasteiger partial charge in [-0.1, -0.05) is 29.3 Å². The van der Waals surface area contributed by atoms with E-state index in [1.165, 1.54) is 0 Å². The molecule has 1 aromatic carbocycles. The smallest absolute Gasteiger partial charge is 0.269 e. The number of nitrogens with one attached hydrogen (secondary N) is 2. The zero-order valence-electron chi connectivity index (χ0n) is 12.9. The summed E-state index contributed by atoms with van der Waals surface area (Å²) in [6, 6.07) is 8.76. The molecule has 0 aliphatic carbocycles. The minimum atomic E-state index is -0.195. The Morgan fingerprint density at radius 3 is 2.65 bits per heavy atom. The van der Waals surface area contributed by atoms with Crippen molar-refractivity contribution in [1.29, 1.82) is 0 Å². The lowest BCUT2D eigenvalue weighted by Gasteiger charge is -2.11. The number of benzene rings is 1. The highest BCUT2D eigenvalue weighted by Crippen LogP contribution is 2.31. The van der Waals surface area contributed by atoms with Gasteiger partial charge in [0.1, 0.15) is 5.69 Å². The number of carbonyl (C=O) groups is 1.